The van der Waals surface area contributed by atoms with Crippen molar-refractivity contribution in [1.29, 1.82) is 0 Å². The van der Waals surface area contributed by atoms with Crippen molar-refractivity contribution in [2.45, 2.75) is 19.8 Å². The molecular weight excluding hydrogens is 261 g/mol. The van der Waals surface area contributed by atoms with Crippen molar-refractivity contribution in [3.8, 4) is 0 Å². The maximum Gasteiger partial charge on any atom is 0.219 e. The summed E-state index contributed by atoms with van der Waals surface area (Å²) in [5.41, 5.74) is 0.612. The molecule has 0 aliphatic heterocycles. The highest BCUT2D eigenvalue weighted by Crippen LogP contribution is 2.15. The molecule has 0 aliphatic rings. The van der Waals surface area contributed by atoms with Crippen LogP contribution in [-0.2, 0) is 11.2 Å². The highest BCUT2D eigenvalue weighted by atomic mass is 79.9. The van der Waals surface area contributed by atoms with Gasteiger partial charge < -0.3 is 5.32 Å². The summed E-state index contributed by atoms with van der Waals surface area (Å²) in [7, 11) is 0. The zero-order chi connectivity index (χ0) is 11.3. The van der Waals surface area contributed by atoms with E-state index in [9.17, 15) is 9.18 Å². The number of nitrogens with one attached hydrogen (secondary N) is 1. The van der Waals surface area contributed by atoms with Gasteiger partial charge >= 0.3 is 0 Å². The Morgan fingerprint density at radius 2 is 2.27 bits per heavy atom. The van der Waals surface area contributed by atoms with Gasteiger partial charge in [-0.25, -0.2) is 4.39 Å². The zero-order valence-corrected chi connectivity index (χ0v) is 10.1. The maximum atomic E-state index is 13.2. The summed E-state index contributed by atoms with van der Waals surface area (Å²) in [4.78, 5) is 10.9. The Morgan fingerprint density at radius 3 is 2.93 bits per heavy atom. The van der Waals surface area contributed by atoms with Crippen molar-refractivity contribution in [2.75, 3.05) is 6.54 Å². The second-order valence-corrected chi connectivity index (χ2v) is 4.10. The monoisotopic (exact) mass is 273 g/mol. The van der Waals surface area contributed by atoms with Crippen LogP contribution < -0.4 is 5.32 Å². The second kappa shape index (κ2) is 5.85. The van der Waals surface area contributed by atoms with Crippen LogP contribution in [0.3, 0.4) is 0 Å². The number of amides is 1. The molecule has 1 rings (SSSR count). The number of rotatable bonds is 4. The molecule has 1 N–H and O–H groups in total. The Hall–Kier alpha value is -0.900. The summed E-state index contributed by atoms with van der Waals surface area (Å²) in [6, 6.07) is 4.80. The highest BCUT2D eigenvalue weighted by Gasteiger charge is 2.03. The molecule has 0 fully saturated rings. The van der Waals surface area contributed by atoms with Gasteiger partial charge in [-0.3, -0.25) is 4.79 Å². The summed E-state index contributed by atoms with van der Waals surface area (Å²) in [6.45, 7) is 2.26. The van der Waals surface area contributed by atoms with E-state index in [1.807, 2.05) is 0 Å². The molecule has 1 aromatic carbocycles. The molecule has 0 spiro atoms. The van der Waals surface area contributed by atoms with E-state index in [0.29, 0.717) is 24.9 Å². The third-order valence-corrected chi connectivity index (χ3v) is 2.54. The molecule has 0 aliphatic carbocycles. The first kappa shape index (κ1) is 12.2. The first-order valence-corrected chi connectivity index (χ1v) is 5.63. The average molecular weight is 274 g/mol. The maximum absolute atomic E-state index is 13.2. The van der Waals surface area contributed by atoms with Crippen LogP contribution in [0.5, 0.6) is 0 Å². The SMILES string of the molecule is CCC(=O)NCCc1cc(Br)ccc1F. The fourth-order valence-corrected chi connectivity index (χ4v) is 1.60. The molecule has 2 nitrogen and oxygen atoms in total. The second-order valence-electron chi connectivity index (χ2n) is 3.19. The number of benzene rings is 1. The van der Waals surface area contributed by atoms with Crippen LogP contribution >= 0.6 is 15.9 Å². The van der Waals surface area contributed by atoms with Crippen molar-refractivity contribution >= 4 is 21.8 Å². The quantitative estimate of drug-likeness (QED) is 0.898. The van der Waals surface area contributed by atoms with E-state index in [1.165, 1.54) is 6.07 Å². The van der Waals surface area contributed by atoms with Gasteiger partial charge in [-0.2, -0.15) is 0 Å². The summed E-state index contributed by atoms with van der Waals surface area (Å²) < 4.78 is 14.1. The van der Waals surface area contributed by atoms with Gasteiger partial charge in [-0.05, 0) is 30.2 Å². The van der Waals surface area contributed by atoms with E-state index in [-0.39, 0.29) is 11.7 Å². The van der Waals surface area contributed by atoms with Crippen molar-refractivity contribution in [2.24, 2.45) is 0 Å². The molecule has 4 heteroatoms. The van der Waals surface area contributed by atoms with Gasteiger partial charge in [0.1, 0.15) is 5.82 Å². The zero-order valence-electron chi connectivity index (χ0n) is 8.52. The van der Waals surface area contributed by atoms with Crippen molar-refractivity contribution in [1.82, 2.24) is 5.32 Å². The molecule has 0 unspecified atom stereocenters. The first-order valence-electron chi connectivity index (χ1n) is 4.84. The molecule has 0 saturated carbocycles. The van der Waals surface area contributed by atoms with Crippen LogP contribution in [-0.4, -0.2) is 12.5 Å². The Balaban J connectivity index is 2.50. The predicted octanol–water partition coefficient (Wildman–Crippen LogP) is 2.66. The molecule has 0 saturated heterocycles. The van der Waals surface area contributed by atoms with Gasteiger partial charge in [0.25, 0.3) is 0 Å². The van der Waals surface area contributed by atoms with Gasteiger partial charge in [-0.1, -0.05) is 22.9 Å². The molecular formula is C11H13BrFNO. The van der Waals surface area contributed by atoms with Crippen molar-refractivity contribution in [3.63, 3.8) is 0 Å². The van der Waals surface area contributed by atoms with Gasteiger partial charge in [0.05, 0.1) is 0 Å². The summed E-state index contributed by atoms with van der Waals surface area (Å²) in [5, 5.41) is 2.71. The topological polar surface area (TPSA) is 29.1 Å². The predicted molar refractivity (Wildman–Crippen MR) is 61.1 cm³/mol. The van der Waals surface area contributed by atoms with Crippen LogP contribution in [0.1, 0.15) is 18.9 Å². The summed E-state index contributed by atoms with van der Waals surface area (Å²) >= 11 is 3.28. The van der Waals surface area contributed by atoms with Crippen LogP contribution in [0.4, 0.5) is 4.39 Å². The van der Waals surface area contributed by atoms with Gasteiger partial charge in [-0.15, -0.1) is 0 Å². The lowest BCUT2D eigenvalue weighted by atomic mass is 10.1. The van der Waals surface area contributed by atoms with Crippen molar-refractivity contribution < 1.29 is 9.18 Å². The van der Waals surface area contributed by atoms with E-state index in [4.69, 9.17) is 0 Å². The number of carbonyl (C=O) groups excluding carboxylic acids is 1. The minimum atomic E-state index is -0.232. The van der Waals surface area contributed by atoms with Crippen LogP contribution in [0.2, 0.25) is 0 Å². The Morgan fingerprint density at radius 1 is 1.53 bits per heavy atom. The first-order chi connectivity index (χ1) is 7.13. The van der Waals surface area contributed by atoms with Crippen molar-refractivity contribution in [3.05, 3.63) is 34.1 Å². The summed E-state index contributed by atoms with van der Waals surface area (Å²) in [6.07, 6.45) is 0.970. The smallest absolute Gasteiger partial charge is 0.219 e. The molecule has 0 atom stereocenters. The standard InChI is InChI=1S/C11H13BrFNO/c1-2-11(15)14-6-5-8-7-9(12)3-4-10(8)13/h3-4,7H,2,5-6H2,1H3,(H,14,15). The fourth-order valence-electron chi connectivity index (χ4n) is 1.20. The Kier molecular flexibility index (Phi) is 4.75. The van der Waals surface area contributed by atoms with E-state index in [0.717, 1.165) is 4.47 Å². The van der Waals surface area contributed by atoms with Crippen LogP contribution in [0.15, 0.2) is 22.7 Å². The molecule has 0 radical (unpaired) electrons. The summed E-state index contributed by atoms with van der Waals surface area (Å²) in [5.74, 6) is -0.241. The number of halogens is 2. The lowest BCUT2D eigenvalue weighted by molar-refractivity contribution is -0.120. The van der Waals surface area contributed by atoms with E-state index < -0.39 is 0 Å². The van der Waals surface area contributed by atoms with Crippen LogP contribution in [0, 0.1) is 5.82 Å². The van der Waals surface area contributed by atoms with E-state index in [1.54, 1.807) is 19.1 Å². The molecule has 1 aromatic rings. The third-order valence-electron chi connectivity index (χ3n) is 2.05. The Bertz CT molecular complexity index is 354. The molecule has 0 bridgehead atoms. The fraction of sp³-hybridized carbons (Fsp3) is 0.364. The normalized spacial score (nSPS) is 10.1. The number of hydrogen-bond acceptors (Lipinski definition) is 1. The average Bonchev–Trinajstić information content (AvgIpc) is 2.23. The lowest BCUT2D eigenvalue weighted by Gasteiger charge is -2.05. The highest BCUT2D eigenvalue weighted by molar-refractivity contribution is 9.10. The van der Waals surface area contributed by atoms with Gasteiger partial charge in [0.2, 0.25) is 5.91 Å². The minimum absolute atomic E-state index is 0.00888. The molecule has 0 heterocycles. The van der Waals surface area contributed by atoms with E-state index in [2.05, 4.69) is 21.2 Å². The number of carbonyl (C=O) groups is 1. The molecule has 0 aromatic heterocycles. The molecule has 82 valence electrons. The van der Waals surface area contributed by atoms with E-state index >= 15 is 0 Å². The third kappa shape index (κ3) is 4.00. The van der Waals surface area contributed by atoms with Crippen LogP contribution in [0.25, 0.3) is 0 Å². The van der Waals surface area contributed by atoms with Gasteiger partial charge in [0.15, 0.2) is 0 Å². The largest absolute Gasteiger partial charge is 0.356 e. The molecule has 1 amide bonds. The Labute approximate surface area is 97.0 Å². The van der Waals surface area contributed by atoms with Gasteiger partial charge in [0, 0.05) is 17.4 Å². The number of hydrogen-bond donors (Lipinski definition) is 1. The minimum Gasteiger partial charge on any atom is -0.356 e. The molecule has 15 heavy (non-hydrogen) atoms. The lowest BCUT2D eigenvalue weighted by Crippen LogP contribution is -2.24.